The van der Waals surface area contributed by atoms with E-state index in [4.69, 9.17) is 21.4 Å². The number of carbonyl (C=O) groups is 2. The highest BCUT2D eigenvalue weighted by Gasteiger charge is 2.08. The van der Waals surface area contributed by atoms with Gasteiger partial charge < -0.3 is 15.2 Å². The zero-order chi connectivity index (χ0) is 15.2. The third-order valence-corrected chi connectivity index (χ3v) is 2.67. The molecule has 0 radical (unpaired) electrons. The SMILES string of the molecule is O=C(COc1ccc(Cl)cc1)Nc1cccc(C(=O)O)n1. The lowest BCUT2D eigenvalue weighted by Gasteiger charge is -2.07. The number of hydrogen-bond acceptors (Lipinski definition) is 4. The molecule has 1 aromatic heterocycles. The van der Waals surface area contributed by atoms with Gasteiger partial charge in [0.2, 0.25) is 0 Å². The van der Waals surface area contributed by atoms with Gasteiger partial charge in [-0.3, -0.25) is 4.79 Å². The van der Waals surface area contributed by atoms with E-state index in [2.05, 4.69) is 10.3 Å². The normalized spacial score (nSPS) is 9.95. The van der Waals surface area contributed by atoms with Crippen LogP contribution >= 0.6 is 11.6 Å². The van der Waals surface area contributed by atoms with Crippen LogP contribution < -0.4 is 10.1 Å². The summed E-state index contributed by atoms with van der Waals surface area (Å²) in [6.45, 7) is -0.222. The van der Waals surface area contributed by atoms with E-state index in [1.54, 1.807) is 24.3 Å². The van der Waals surface area contributed by atoms with Gasteiger partial charge in [0.15, 0.2) is 12.3 Å². The molecule has 21 heavy (non-hydrogen) atoms. The second-order valence-electron chi connectivity index (χ2n) is 4.00. The van der Waals surface area contributed by atoms with Gasteiger partial charge in [-0.1, -0.05) is 17.7 Å². The number of anilines is 1. The van der Waals surface area contributed by atoms with Gasteiger partial charge in [-0.2, -0.15) is 0 Å². The summed E-state index contributed by atoms with van der Waals surface area (Å²) in [6, 6.07) is 10.9. The van der Waals surface area contributed by atoms with Crippen molar-refractivity contribution in [3.63, 3.8) is 0 Å². The summed E-state index contributed by atoms with van der Waals surface area (Å²) in [4.78, 5) is 26.2. The third kappa shape index (κ3) is 4.47. The van der Waals surface area contributed by atoms with E-state index in [-0.39, 0.29) is 18.1 Å². The maximum absolute atomic E-state index is 11.7. The Morgan fingerprint density at radius 1 is 1.19 bits per heavy atom. The Kier molecular flexibility index (Phi) is 4.73. The number of pyridine rings is 1. The van der Waals surface area contributed by atoms with Crippen molar-refractivity contribution in [3.8, 4) is 5.75 Å². The summed E-state index contributed by atoms with van der Waals surface area (Å²) in [5, 5.41) is 11.8. The van der Waals surface area contributed by atoms with Crippen molar-refractivity contribution in [2.24, 2.45) is 0 Å². The number of aromatic carboxylic acids is 1. The molecule has 0 aliphatic carbocycles. The first-order chi connectivity index (χ1) is 10.0. The van der Waals surface area contributed by atoms with Crippen molar-refractivity contribution in [2.45, 2.75) is 0 Å². The van der Waals surface area contributed by atoms with Gasteiger partial charge >= 0.3 is 5.97 Å². The Bertz CT molecular complexity index is 658. The average molecular weight is 307 g/mol. The van der Waals surface area contributed by atoms with E-state index in [1.807, 2.05) is 0 Å². The summed E-state index contributed by atoms with van der Waals surface area (Å²) in [6.07, 6.45) is 0. The molecule has 1 aromatic carbocycles. The van der Waals surface area contributed by atoms with Crippen molar-refractivity contribution in [1.82, 2.24) is 4.98 Å². The van der Waals surface area contributed by atoms with Crippen LogP contribution in [0.2, 0.25) is 5.02 Å². The Hall–Kier alpha value is -2.60. The highest BCUT2D eigenvalue weighted by atomic mass is 35.5. The number of amides is 1. The summed E-state index contributed by atoms with van der Waals surface area (Å²) < 4.78 is 5.26. The minimum Gasteiger partial charge on any atom is -0.484 e. The average Bonchev–Trinajstić information content (AvgIpc) is 2.47. The van der Waals surface area contributed by atoms with Gasteiger partial charge in [0.25, 0.3) is 5.91 Å². The molecule has 0 fully saturated rings. The molecule has 0 saturated carbocycles. The molecule has 2 aromatic rings. The molecule has 108 valence electrons. The Morgan fingerprint density at radius 3 is 2.57 bits per heavy atom. The number of aromatic nitrogens is 1. The molecule has 0 aliphatic heterocycles. The van der Waals surface area contributed by atoms with Crippen molar-refractivity contribution in [3.05, 3.63) is 53.2 Å². The Morgan fingerprint density at radius 2 is 1.90 bits per heavy atom. The Balaban J connectivity index is 1.91. The van der Waals surface area contributed by atoms with Crippen molar-refractivity contribution in [1.29, 1.82) is 0 Å². The van der Waals surface area contributed by atoms with Crippen LogP contribution in [-0.2, 0) is 4.79 Å². The summed E-state index contributed by atoms with van der Waals surface area (Å²) in [5.74, 6) is -0.954. The van der Waals surface area contributed by atoms with Crippen LogP contribution in [0.25, 0.3) is 0 Å². The lowest BCUT2D eigenvalue weighted by Crippen LogP contribution is -2.21. The van der Waals surface area contributed by atoms with Gasteiger partial charge in [-0.25, -0.2) is 9.78 Å². The fourth-order valence-electron chi connectivity index (χ4n) is 1.48. The van der Waals surface area contributed by atoms with E-state index >= 15 is 0 Å². The van der Waals surface area contributed by atoms with Gasteiger partial charge in [0, 0.05) is 5.02 Å². The topological polar surface area (TPSA) is 88.5 Å². The molecule has 0 saturated heterocycles. The molecule has 0 unspecified atom stereocenters. The third-order valence-electron chi connectivity index (χ3n) is 2.42. The molecule has 7 heteroatoms. The number of ether oxygens (including phenoxy) is 1. The van der Waals surface area contributed by atoms with Crippen molar-refractivity contribution < 1.29 is 19.4 Å². The molecule has 6 nitrogen and oxygen atoms in total. The quantitative estimate of drug-likeness (QED) is 0.885. The lowest BCUT2D eigenvalue weighted by molar-refractivity contribution is -0.118. The van der Waals surface area contributed by atoms with Crippen molar-refractivity contribution >= 4 is 29.3 Å². The van der Waals surface area contributed by atoms with Crippen molar-refractivity contribution in [2.75, 3.05) is 11.9 Å². The number of benzene rings is 1. The standard InChI is InChI=1S/C14H11ClN2O4/c15-9-4-6-10(7-5-9)21-8-13(18)17-12-3-1-2-11(16-12)14(19)20/h1-7H,8H2,(H,19,20)(H,16,17,18). The molecule has 0 bridgehead atoms. The number of nitrogens with zero attached hydrogens (tertiary/aromatic N) is 1. The molecule has 0 atom stereocenters. The van der Waals surface area contributed by atoms with Crippen LogP contribution in [0.15, 0.2) is 42.5 Å². The maximum Gasteiger partial charge on any atom is 0.354 e. The number of nitrogens with one attached hydrogen (secondary N) is 1. The summed E-state index contributed by atoms with van der Waals surface area (Å²) in [5.41, 5.74) is -0.147. The molecule has 1 amide bonds. The van der Waals surface area contributed by atoms with E-state index in [9.17, 15) is 9.59 Å². The molecule has 2 N–H and O–H groups in total. The highest BCUT2D eigenvalue weighted by Crippen LogP contribution is 2.15. The zero-order valence-corrected chi connectivity index (χ0v) is 11.5. The fraction of sp³-hybridized carbons (Fsp3) is 0.0714. The number of halogens is 1. The van der Waals surface area contributed by atoms with Gasteiger partial charge in [-0.15, -0.1) is 0 Å². The fourth-order valence-corrected chi connectivity index (χ4v) is 1.61. The van der Waals surface area contributed by atoms with Crippen LogP contribution in [0.5, 0.6) is 5.75 Å². The Labute approximate surface area is 125 Å². The number of carboxylic acid groups (broad SMARTS) is 1. The summed E-state index contributed by atoms with van der Waals surface area (Å²) in [7, 11) is 0. The van der Waals surface area contributed by atoms with E-state index in [0.717, 1.165) is 0 Å². The first-order valence-corrected chi connectivity index (χ1v) is 6.31. The number of hydrogen-bond donors (Lipinski definition) is 2. The molecule has 0 spiro atoms. The highest BCUT2D eigenvalue weighted by molar-refractivity contribution is 6.30. The predicted molar refractivity (Wildman–Crippen MR) is 76.8 cm³/mol. The van der Waals surface area contributed by atoms with E-state index < -0.39 is 11.9 Å². The number of carbonyl (C=O) groups excluding carboxylic acids is 1. The van der Waals surface area contributed by atoms with Crippen LogP contribution in [0.1, 0.15) is 10.5 Å². The molecule has 2 rings (SSSR count). The number of rotatable bonds is 5. The lowest BCUT2D eigenvalue weighted by atomic mass is 10.3. The molecular weight excluding hydrogens is 296 g/mol. The second-order valence-corrected chi connectivity index (χ2v) is 4.44. The zero-order valence-electron chi connectivity index (χ0n) is 10.7. The minimum atomic E-state index is -1.16. The smallest absolute Gasteiger partial charge is 0.354 e. The van der Waals surface area contributed by atoms with Crippen LogP contribution in [-0.4, -0.2) is 28.6 Å². The minimum absolute atomic E-state index is 0.147. The monoisotopic (exact) mass is 306 g/mol. The van der Waals surface area contributed by atoms with Gasteiger partial charge in [-0.05, 0) is 36.4 Å². The molecule has 1 heterocycles. The van der Waals surface area contributed by atoms with Gasteiger partial charge in [0.1, 0.15) is 11.6 Å². The number of carboxylic acids is 1. The molecule has 0 aliphatic rings. The predicted octanol–water partition coefficient (Wildman–Crippen LogP) is 2.45. The first-order valence-electron chi connectivity index (χ1n) is 5.93. The second kappa shape index (κ2) is 6.71. The first kappa shape index (κ1) is 14.8. The maximum atomic E-state index is 11.7. The van der Waals surface area contributed by atoms with E-state index in [0.29, 0.717) is 10.8 Å². The largest absolute Gasteiger partial charge is 0.484 e. The van der Waals surface area contributed by atoms with E-state index in [1.165, 1.54) is 18.2 Å². The molecular formula is C14H11ClN2O4. The van der Waals surface area contributed by atoms with Crippen LogP contribution in [0, 0.1) is 0 Å². The summed E-state index contributed by atoms with van der Waals surface area (Å²) >= 11 is 5.73. The van der Waals surface area contributed by atoms with Gasteiger partial charge in [0.05, 0.1) is 0 Å². The van der Waals surface area contributed by atoms with Crippen LogP contribution in [0.3, 0.4) is 0 Å². The van der Waals surface area contributed by atoms with Crippen LogP contribution in [0.4, 0.5) is 5.82 Å².